The van der Waals surface area contributed by atoms with Crippen LogP contribution < -0.4 is 19.1 Å². The van der Waals surface area contributed by atoms with Gasteiger partial charge in [-0.1, -0.05) is 35.1 Å². The van der Waals surface area contributed by atoms with E-state index in [1.54, 1.807) is 60.7 Å². The van der Waals surface area contributed by atoms with Gasteiger partial charge in [-0.25, -0.2) is 4.98 Å². The molecule has 8 nitrogen and oxygen atoms in total. The van der Waals surface area contributed by atoms with Crippen LogP contribution in [0, 0.1) is 0 Å². The summed E-state index contributed by atoms with van der Waals surface area (Å²) in [4.78, 5) is 32.8. The molecule has 1 aromatic heterocycles. The molecule has 0 unspecified atom stereocenters. The molecule has 0 spiro atoms. The summed E-state index contributed by atoms with van der Waals surface area (Å²) in [7, 11) is 1.53. The first kappa shape index (κ1) is 23.3. The molecule has 1 fully saturated rings. The number of benzene rings is 3. The smallest absolute Gasteiger partial charge is 0.301 e. The maximum atomic E-state index is 13.5. The van der Waals surface area contributed by atoms with Gasteiger partial charge in [0.1, 0.15) is 24.7 Å². The third-order valence-electron chi connectivity index (χ3n) is 6.21. The molecule has 10 heteroatoms. The number of amides is 1. The van der Waals surface area contributed by atoms with Crippen LogP contribution in [0.2, 0.25) is 5.02 Å². The van der Waals surface area contributed by atoms with Crippen molar-refractivity contribution in [3.8, 4) is 17.2 Å². The van der Waals surface area contributed by atoms with Gasteiger partial charge in [0, 0.05) is 10.6 Å². The van der Waals surface area contributed by atoms with E-state index in [1.807, 2.05) is 0 Å². The number of aliphatic hydroxyl groups excluding tert-OH is 1. The van der Waals surface area contributed by atoms with Crippen molar-refractivity contribution in [1.29, 1.82) is 0 Å². The molecule has 4 aromatic rings. The molecule has 1 atom stereocenters. The van der Waals surface area contributed by atoms with Gasteiger partial charge in [0.2, 0.25) is 0 Å². The first-order chi connectivity index (χ1) is 17.9. The number of thiazole rings is 1. The summed E-state index contributed by atoms with van der Waals surface area (Å²) in [5.41, 5.74) is 1.48. The first-order valence-electron chi connectivity index (χ1n) is 11.4. The molecule has 1 saturated heterocycles. The lowest BCUT2D eigenvalue weighted by atomic mass is 9.95. The van der Waals surface area contributed by atoms with E-state index in [-0.39, 0.29) is 11.3 Å². The molecule has 0 radical (unpaired) electrons. The number of methoxy groups -OCH3 is 1. The highest BCUT2D eigenvalue weighted by atomic mass is 35.5. The average Bonchev–Trinajstić information content (AvgIpc) is 3.45. The number of hydrogen-bond acceptors (Lipinski definition) is 8. The number of fused-ring (bicyclic) bond motifs is 2. The number of carbonyl (C=O) groups excluding carboxylic acids is 2. The third kappa shape index (κ3) is 3.96. The monoisotopic (exact) mass is 534 g/mol. The fourth-order valence-corrected chi connectivity index (χ4v) is 5.76. The highest BCUT2D eigenvalue weighted by Gasteiger charge is 2.48. The molecule has 3 heterocycles. The number of anilines is 1. The quantitative estimate of drug-likeness (QED) is 0.214. The Morgan fingerprint density at radius 3 is 2.70 bits per heavy atom. The van der Waals surface area contributed by atoms with Crippen LogP contribution in [-0.4, -0.2) is 42.1 Å². The Morgan fingerprint density at radius 2 is 1.89 bits per heavy atom. The molecule has 37 heavy (non-hydrogen) atoms. The number of ketones is 1. The fourth-order valence-electron chi connectivity index (χ4n) is 4.49. The van der Waals surface area contributed by atoms with Gasteiger partial charge in [-0.3, -0.25) is 14.5 Å². The van der Waals surface area contributed by atoms with Crippen LogP contribution in [0.15, 0.2) is 66.2 Å². The topological polar surface area (TPSA) is 98.2 Å². The van der Waals surface area contributed by atoms with Gasteiger partial charge in [0.25, 0.3) is 5.78 Å². The van der Waals surface area contributed by atoms with Crippen LogP contribution >= 0.6 is 22.9 Å². The third-order valence-corrected chi connectivity index (χ3v) is 7.47. The summed E-state index contributed by atoms with van der Waals surface area (Å²) in [6.45, 7) is 0.791. The molecule has 6 rings (SSSR count). The van der Waals surface area contributed by atoms with Crippen molar-refractivity contribution in [2.45, 2.75) is 6.04 Å². The molecule has 1 amide bonds. The maximum absolute atomic E-state index is 13.5. The zero-order chi connectivity index (χ0) is 25.7. The van der Waals surface area contributed by atoms with Gasteiger partial charge < -0.3 is 19.3 Å². The highest BCUT2D eigenvalue weighted by Crippen LogP contribution is 2.45. The molecule has 0 saturated carbocycles. The highest BCUT2D eigenvalue weighted by molar-refractivity contribution is 7.22. The first-order valence-corrected chi connectivity index (χ1v) is 12.5. The van der Waals surface area contributed by atoms with Crippen molar-refractivity contribution in [1.82, 2.24) is 4.98 Å². The largest absolute Gasteiger partial charge is 0.507 e. The number of nitrogens with zero attached hydrogens (tertiary/aromatic N) is 2. The summed E-state index contributed by atoms with van der Waals surface area (Å²) in [6.07, 6.45) is 0. The molecular weight excluding hydrogens is 516 g/mol. The standard InChI is InChI=1S/C27H19ClN2O6S/c1-34-17-4-2-3-14(11-17)23-22(24(31)15-5-8-19-20(12-15)36-10-9-35-19)25(32)26(33)30(23)27-29-18-7-6-16(28)13-21(18)37-27/h2-8,11-13,23,31H,9-10H2,1H3/b24-22+/t23-/m0/s1. The zero-order valence-corrected chi connectivity index (χ0v) is 21.0. The Labute approximate surface area is 220 Å². The summed E-state index contributed by atoms with van der Waals surface area (Å²) >= 11 is 7.39. The summed E-state index contributed by atoms with van der Waals surface area (Å²) in [5, 5.41) is 12.3. The molecular formula is C27H19ClN2O6S. The number of carbonyl (C=O) groups is 2. The minimum atomic E-state index is -0.945. The molecule has 1 N–H and O–H groups in total. The van der Waals surface area contributed by atoms with E-state index in [1.165, 1.54) is 23.3 Å². The lowest BCUT2D eigenvalue weighted by Crippen LogP contribution is -2.29. The molecule has 2 aliphatic rings. The van der Waals surface area contributed by atoms with Crippen LogP contribution in [0.1, 0.15) is 17.2 Å². The molecule has 3 aromatic carbocycles. The molecule has 186 valence electrons. The summed E-state index contributed by atoms with van der Waals surface area (Å²) < 4.78 is 17.4. The molecule has 0 bridgehead atoms. The van der Waals surface area contributed by atoms with Crippen molar-refractivity contribution in [3.05, 3.63) is 82.4 Å². The number of aliphatic hydroxyl groups is 1. The Kier molecular flexibility index (Phi) is 5.73. The second kappa shape index (κ2) is 9.10. The SMILES string of the molecule is COc1cccc([C@H]2/C(=C(\O)c3ccc4c(c3)OCCO4)C(=O)C(=O)N2c2nc3ccc(Cl)cc3s2)c1. The van der Waals surface area contributed by atoms with E-state index < -0.39 is 17.7 Å². The van der Waals surface area contributed by atoms with E-state index in [0.717, 1.165) is 4.70 Å². The maximum Gasteiger partial charge on any atom is 0.301 e. The van der Waals surface area contributed by atoms with Crippen molar-refractivity contribution >= 4 is 55.7 Å². The fraction of sp³-hybridized carbons (Fsp3) is 0.148. The van der Waals surface area contributed by atoms with Crippen molar-refractivity contribution in [2.75, 3.05) is 25.2 Å². The van der Waals surface area contributed by atoms with Crippen LogP contribution in [0.5, 0.6) is 17.2 Å². The van der Waals surface area contributed by atoms with Gasteiger partial charge >= 0.3 is 5.91 Å². The van der Waals surface area contributed by atoms with Crippen molar-refractivity contribution in [2.24, 2.45) is 0 Å². The lowest BCUT2D eigenvalue weighted by molar-refractivity contribution is -0.132. The number of halogens is 1. The number of aromatic nitrogens is 1. The Hall–Kier alpha value is -4.08. The summed E-state index contributed by atoms with van der Waals surface area (Å²) in [6, 6.07) is 16.2. The minimum absolute atomic E-state index is 0.0628. The van der Waals surface area contributed by atoms with Gasteiger partial charge in [0.05, 0.1) is 28.9 Å². The zero-order valence-electron chi connectivity index (χ0n) is 19.4. The second-order valence-electron chi connectivity index (χ2n) is 8.41. The van der Waals surface area contributed by atoms with Gasteiger partial charge in [0.15, 0.2) is 16.6 Å². The van der Waals surface area contributed by atoms with E-state index in [0.29, 0.717) is 57.3 Å². The Morgan fingerprint density at radius 1 is 1.08 bits per heavy atom. The van der Waals surface area contributed by atoms with E-state index in [2.05, 4.69) is 4.98 Å². The van der Waals surface area contributed by atoms with E-state index in [4.69, 9.17) is 25.8 Å². The van der Waals surface area contributed by atoms with Crippen LogP contribution in [-0.2, 0) is 9.59 Å². The number of Topliss-reactive ketones (excluding diaryl/α,β-unsaturated/α-hetero) is 1. The van der Waals surface area contributed by atoms with Gasteiger partial charge in [-0.2, -0.15) is 0 Å². The number of ether oxygens (including phenoxy) is 3. The van der Waals surface area contributed by atoms with Crippen molar-refractivity contribution < 1.29 is 28.9 Å². The van der Waals surface area contributed by atoms with Crippen molar-refractivity contribution in [3.63, 3.8) is 0 Å². The summed E-state index contributed by atoms with van der Waals surface area (Å²) in [5.74, 6) is -0.408. The normalized spacial score (nSPS) is 18.4. The minimum Gasteiger partial charge on any atom is -0.507 e. The predicted molar refractivity (Wildman–Crippen MR) is 140 cm³/mol. The van der Waals surface area contributed by atoms with Gasteiger partial charge in [-0.05, 0) is 54.1 Å². The Bertz CT molecular complexity index is 1610. The lowest BCUT2D eigenvalue weighted by Gasteiger charge is -2.23. The van der Waals surface area contributed by atoms with E-state index >= 15 is 0 Å². The van der Waals surface area contributed by atoms with E-state index in [9.17, 15) is 14.7 Å². The number of hydrogen-bond donors (Lipinski definition) is 1. The number of rotatable bonds is 4. The molecule has 0 aliphatic carbocycles. The van der Waals surface area contributed by atoms with Crippen LogP contribution in [0.3, 0.4) is 0 Å². The average molecular weight is 535 g/mol. The second-order valence-corrected chi connectivity index (χ2v) is 9.86. The van der Waals surface area contributed by atoms with Crippen LogP contribution in [0.4, 0.5) is 5.13 Å². The Balaban J connectivity index is 1.55. The molecule has 2 aliphatic heterocycles. The van der Waals surface area contributed by atoms with Gasteiger partial charge in [-0.15, -0.1) is 0 Å². The predicted octanol–water partition coefficient (Wildman–Crippen LogP) is 5.36. The van der Waals surface area contributed by atoms with Crippen LogP contribution in [0.25, 0.3) is 16.0 Å².